The minimum absolute atomic E-state index is 0.134. The van der Waals surface area contributed by atoms with E-state index in [0.717, 1.165) is 11.1 Å². The average molecular weight is 350 g/mol. The fourth-order valence-corrected chi connectivity index (χ4v) is 2.72. The van der Waals surface area contributed by atoms with Gasteiger partial charge in [-0.1, -0.05) is 6.07 Å². The Labute approximate surface area is 153 Å². The Morgan fingerprint density at radius 3 is 2.35 bits per heavy atom. The van der Waals surface area contributed by atoms with Crippen LogP contribution in [0.2, 0.25) is 0 Å². The summed E-state index contributed by atoms with van der Waals surface area (Å²) in [5.74, 6) is -0.538. The van der Waals surface area contributed by atoms with Gasteiger partial charge in [-0.3, -0.25) is 4.79 Å². The molecular weight excluding hydrogens is 328 g/mol. The normalized spacial score (nSPS) is 13.3. The summed E-state index contributed by atoms with van der Waals surface area (Å²) in [5, 5.41) is 0. The molecule has 1 aliphatic heterocycles. The van der Waals surface area contributed by atoms with E-state index < -0.39 is 11.6 Å². The van der Waals surface area contributed by atoms with Crippen LogP contribution in [0, 0.1) is 0 Å². The van der Waals surface area contributed by atoms with Gasteiger partial charge in [-0.15, -0.1) is 0 Å². The molecule has 0 fully saturated rings. The summed E-state index contributed by atoms with van der Waals surface area (Å²) in [4.78, 5) is 26.4. The lowest BCUT2D eigenvalue weighted by molar-refractivity contribution is 0.00693. The third-order valence-corrected chi connectivity index (χ3v) is 3.97. The Balaban J connectivity index is 1.74. The van der Waals surface area contributed by atoms with Crippen molar-refractivity contribution in [3.05, 3.63) is 70.9 Å². The summed E-state index contributed by atoms with van der Waals surface area (Å²) < 4.78 is 5.33. The monoisotopic (exact) mass is 350 g/mol. The van der Waals surface area contributed by atoms with Crippen molar-refractivity contribution in [3.8, 4) is 0 Å². The van der Waals surface area contributed by atoms with Gasteiger partial charge in [0.2, 0.25) is 0 Å². The van der Waals surface area contributed by atoms with Crippen LogP contribution >= 0.6 is 0 Å². The average Bonchev–Trinajstić information content (AvgIpc) is 2.59. The number of rotatable bonds is 2. The number of hydrogen-bond acceptors (Lipinski definition) is 4. The smallest absolute Gasteiger partial charge is 0.338 e. The van der Waals surface area contributed by atoms with Crippen molar-refractivity contribution in [2.45, 2.75) is 32.9 Å². The number of anilines is 1. The van der Waals surface area contributed by atoms with Crippen LogP contribution in [0.25, 0.3) is 6.08 Å². The molecule has 5 nitrogen and oxygen atoms in total. The Kier molecular flexibility index (Phi) is 4.55. The van der Waals surface area contributed by atoms with E-state index in [-0.39, 0.29) is 5.91 Å². The lowest BCUT2D eigenvalue weighted by Crippen LogP contribution is -2.27. The van der Waals surface area contributed by atoms with Gasteiger partial charge in [0.05, 0.1) is 12.1 Å². The lowest BCUT2D eigenvalue weighted by atomic mass is 10.0. The number of esters is 1. The van der Waals surface area contributed by atoms with Crippen molar-refractivity contribution in [2.24, 2.45) is 0 Å². The van der Waals surface area contributed by atoms with Gasteiger partial charge in [-0.25, -0.2) is 4.79 Å². The van der Waals surface area contributed by atoms with Crippen LogP contribution in [-0.2, 0) is 11.3 Å². The molecule has 0 bridgehead atoms. The number of fused-ring (bicyclic) bond motifs is 1. The highest BCUT2D eigenvalue weighted by molar-refractivity contribution is 5.97. The summed E-state index contributed by atoms with van der Waals surface area (Å²) in [7, 11) is 0. The predicted octanol–water partition coefficient (Wildman–Crippen LogP) is 3.85. The molecule has 0 aromatic heterocycles. The Morgan fingerprint density at radius 1 is 1.04 bits per heavy atom. The van der Waals surface area contributed by atoms with Crippen molar-refractivity contribution in [3.63, 3.8) is 0 Å². The third-order valence-electron chi connectivity index (χ3n) is 3.97. The van der Waals surface area contributed by atoms with Crippen LogP contribution in [0.5, 0.6) is 0 Å². The maximum absolute atomic E-state index is 12.7. The van der Waals surface area contributed by atoms with Crippen LogP contribution in [0.15, 0.2) is 48.7 Å². The molecule has 0 atom stereocenters. The Bertz CT molecular complexity index is 877. The van der Waals surface area contributed by atoms with E-state index in [2.05, 4.69) is 0 Å². The molecule has 2 aromatic carbocycles. The molecule has 1 amide bonds. The second-order valence-electron chi connectivity index (χ2n) is 7.29. The number of amides is 1. The van der Waals surface area contributed by atoms with E-state index in [1.165, 1.54) is 0 Å². The van der Waals surface area contributed by atoms with Gasteiger partial charge < -0.3 is 15.4 Å². The molecule has 0 radical (unpaired) electrons. The molecule has 2 N–H and O–H groups in total. The van der Waals surface area contributed by atoms with Crippen LogP contribution < -0.4 is 5.73 Å². The topological polar surface area (TPSA) is 72.6 Å². The zero-order valence-corrected chi connectivity index (χ0v) is 15.2. The highest BCUT2D eigenvalue weighted by Gasteiger charge is 2.20. The molecule has 3 rings (SSSR count). The summed E-state index contributed by atoms with van der Waals surface area (Å²) in [5.41, 5.74) is 8.94. The first kappa shape index (κ1) is 17.7. The molecule has 0 unspecified atom stereocenters. The standard InChI is InChI=1S/C21H22N2O3/c1-21(2,3)26-20(25)16-6-4-15(5-7-16)19(24)23-11-10-14-8-9-18(22)12-17(14)13-23/h4-12H,13,22H2,1-3H3. The molecular formula is C21H22N2O3. The van der Waals surface area contributed by atoms with E-state index in [4.69, 9.17) is 10.5 Å². The van der Waals surface area contributed by atoms with E-state index in [9.17, 15) is 9.59 Å². The van der Waals surface area contributed by atoms with Crippen molar-refractivity contribution in [2.75, 3.05) is 5.73 Å². The number of nitrogens with zero attached hydrogens (tertiary/aromatic N) is 1. The van der Waals surface area contributed by atoms with Crippen LogP contribution in [0.3, 0.4) is 0 Å². The van der Waals surface area contributed by atoms with Gasteiger partial charge in [-0.05, 0) is 74.4 Å². The number of nitrogen functional groups attached to an aromatic ring is 1. The Hall–Kier alpha value is -3.08. The predicted molar refractivity (Wildman–Crippen MR) is 101 cm³/mol. The van der Waals surface area contributed by atoms with Crippen molar-refractivity contribution < 1.29 is 14.3 Å². The molecule has 1 aliphatic rings. The molecule has 26 heavy (non-hydrogen) atoms. The Morgan fingerprint density at radius 2 is 1.69 bits per heavy atom. The highest BCUT2D eigenvalue weighted by Crippen LogP contribution is 2.23. The summed E-state index contributed by atoms with van der Waals surface area (Å²) in [6, 6.07) is 12.2. The van der Waals surface area contributed by atoms with Gasteiger partial charge in [0, 0.05) is 17.5 Å². The van der Waals surface area contributed by atoms with Gasteiger partial charge in [0.1, 0.15) is 5.60 Å². The summed E-state index contributed by atoms with van der Waals surface area (Å²) >= 11 is 0. The number of carbonyl (C=O) groups excluding carboxylic acids is 2. The first-order valence-electron chi connectivity index (χ1n) is 8.44. The van der Waals surface area contributed by atoms with Gasteiger partial charge in [0.15, 0.2) is 0 Å². The van der Waals surface area contributed by atoms with E-state index in [1.807, 2.05) is 45.0 Å². The van der Waals surface area contributed by atoms with Crippen LogP contribution in [0.1, 0.15) is 52.6 Å². The number of carbonyl (C=O) groups is 2. The van der Waals surface area contributed by atoms with Gasteiger partial charge >= 0.3 is 5.97 Å². The van der Waals surface area contributed by atoms with Gasteiger partial charge in [-0.2, -0.15) is 0 Å². The van der Waals surface area contributed by atoms with E-state index in [1.54, 1.807) is 35.4 Å². The molecule has 0 aliphatic carbocycles. The largest absolute Gasteiger partial charge is 0.456 e. The highest BCUT2D eigenvalue weighted by atomic mass is 16.6. The SMILES string of the molecule is CC(C)(C)OC(=O)c1ccc(C(=O)N2C=Cc3ccc(N)cc3C2)cc1. The fourth-order valence-electron chi connectivity index (χ4n) is 2.72. The first-order chi connectivity index (χ1) is 12.2. The quantitative estimate of drug-likeness (QED) is 0.659. The molecule has 0 saturated carbocycles. The summed E-state index contributed by atoms with van der Waals surface area (Å²) in [6.45, 7) is 5.91. The zero-order valence-electron chi connectivity index (χ0n) is 15.2. The molecule has 0 saturated heterocycles. The third kappa shape index (κ3) is 3.94. The fraction of sp³-hybridized carbons (Fsp3) is 0.238. The van der Waals surface area contributed by atoms with Crippen molar-refractivity contribution in [1.29, 1.82) is 0 Å². The maximum Gasteiger partial charge on any atom is 0.338 e. The maximum atomic E-state index is 12.7. The van der Waals surface area contributed by atoms with Crippen LogP contribution in [0.4, 0.5) is 5.69 Å². The minimum atomic E-state index is -0.556. The molecule has 134 valence electrons. The first-order valence-corrected chi connectivity index (χ1v) is 8.44. The van der Waals surface area contributed by atoms with E-state index >= 15 is 0 Å². The second-order valence-corrected chi connectivity index (χ2v) is 7.29. The van der Waals surface area contributed by atoms with E-state index in [0.29, 0.717) is 23.4 Å². The number of nitrogens with two attached hydrogens (primary N) is 1. The molecule has 0 spiro atoms. The number of hydrogen-bond donors (Lipinski definition) is 1. The second kappa shape index (κ2) is 6.67. The molecule has 5 heteroatoms. The molecule has 1 heterocycles. The number of ether oxygens (including phenoxy) is 1. The molecule has 2 aromatic rings. The van der Waals surface area contributed by atoms with Crippen molar-refractivity contribution in [1.82, 2.24) is 4.90 Å². The van der Waals surface area contributed by atoms with Gasteiger partial charge in [0.25, 0.3) is 5.91 Å². The minimum Gasteiger partial charge on any atom is -0.456 e. The summed E-state index contributed by atoms with van der Waals surface area (Å²) in [6.07, 6.45) is 3.66. The zero-order chi connectivity index (χ0) is 18.9. The lowest BCUT2D eigenvalue weighted by Gasteiger charge is -2.24. The van der Waals surface area contributed by atoms with Crippen molar-refractivity contribution >= 4 is 23.6 Å². The number of benzene rings is 2. The van der Waals surface area contributed by atoms with Crippen LogP contribution in [-0.4, -0.2) is 22.4 Å².